The summed E-state index contributed by atoms with van der Waals surface area (Å²) in [6.45, 7) is 1.84. The third kappa shape index (κ3) is 3.37. The average molecular weight is 207 g/mol. The number of imidazole rings is 1. The van der Waals surface area contributed by atoms with Gasteiger partial charge in [-0.05, 0) is 6.92 Å². The normalized spacial score (nSPS) is 12.0. The fourth-order valence-corrected chi connectivity index (χ4v) is 1.11. The lowest BCUT2D eigenvalue weighted by Gasteiger charge is -2.09. The molecule has 0 atom stereocenters. The van der Waals surface area contributed by atoms with Gasteiger partial charge in [-0.1, -0.05) is 0 Å². The molecule has 6 heteroatoms. The number of nitrogens with one attached hydrogen (secondary N) is 1. The molecule has 0 amide bonds. The number of nitrogens with zero attached hydrogens (tertiary/aromatic N) is 2. The van der Waals surface area contributed by atoms with Crippen molar-refractivity contribution in [1.29, 1.82) is 0 Å². The smallest absolute Gasteiger partial charge is 0.334 e. The van der Waals surface area contributed by atoms with Crippen molar-refractivity contribution < 1.29 is 13.2 Å². The Bertz CT molecular complexity index is 280. The largest absolute Gasteiger partial charge is 0.401 e. The molecule has 1 N–H and O–H groups in total. The zero-order chi connectivity index (χ0) is 10.6. The maximum Gasteiger partial charge on any atom is 0.401 e. The van der Waals surface area contributed by atoms with E-state index < -0.39 is 12.7 Å². The minimum atomic E-state index is -4.16. The third-order valence-electron chi connectivity index (χ3n) is 1.77. The van der Waals surface area contributed by atoms with E-state index in [9.17, 15) is 13.2 Å². The van der Waals surface area contributed by atoms with Crippen molar-refractivity contribution in [2.45, 2.75) is 26.2 Å². The molecule has 80 valence electrons. The number of hydrogen-bond acceptors (Lipinski definition) is 2. The zero-order valence-electron chi connectivity index (χ0n) is 7.80. The van der Waals surface area contributed by atoms with Gasteiger partial charge in [-0.3, -0.25) is 0 Å². The van der Waals surface area contributed by atoms with Crippen molar-refractivity contribution >= 4 is 0 Å². The van der Waals surface area contributed by atoms with Gasteiger partial charge < -0.3 is 9.88 Å². The number of aryl methyl sites for hydroxylation is 1. The van der Waals surface area contributed by atoms with Gasteiger partial charge >= 0.3 is 6.18 Å². The number of aromatic nitrogens is 2. The van der Waals surface area contributed by atoms with E-state index in [0.29, 0.717) is 6.54 Å². The van der Waals surface area contributed by atoms with Crippen LogP contribution in [-0.2, 0) is 13.1 Å². The predicted molar refractivity (Wildman–Crippen MR) is 45.7 cm³/mol. The van der Waals surface area contributed by atoms with Crippen molar-refractivity contribution in [3.05, 3.63) is 18.2 Å². The predicted octanol–water partition coefficient (Wildman–Crippen LogP) is 1.55. The average Bonchev–Trinajstić information content (AvgIpc) is 2.49. The summed E-state index contributed by atoms with van der Waals surface area (Å²) in [5, 5.41) is 2.32. The van der Waals surface area contributed by atoms with Gasteiger partial charge in [0.05, 0.1) is 18.6 Å². The molecule has 1 aromatic heterocycles. The molecule has 0 aromatic carbocycles. The summed E-state index contributed by atoms with van der Waals surface area (Å²) in [6, 6.07) is 0. The summed E-state index contributed by atoms with van der Waals surface area (Å²) in [5.74, 6) is 0. The molecule has 3 nitrogen and oxygen atoms in total. The van der Waals surface area contributed by atoms with Gasteiger partial charge in [0.25, 0.3) is 0 Å². The van der Waals surface area contributed by atoms with E-state index in [0.717, 1.165) is 5.69 Å². The maximum atomic E-state index is 11.8. The van der Waals surface area contributed by atoms with E-state index in [4.69, 9.17) is 0 Å². The molecule has 1 rings (SSSR count). The highest BCUT2D eigenvalue weighted by molar-refractivity contribution is 4.97. The lowest BCUT2D eigenvalue weighted by molar-refractivity contribution is -0.125. The molecule has 0 unspecified atom stereocenters. The Hall–Kier alpha value is -1.04. The summed E-state index contributed by atoms with van der Waals surface area (Å²) in [6.07, 6.45) is -0.992. The van der Waals surface area contributed by atoms with Crippen LogP contribution in [0.3, 0.4) is 0 Å². The number of hydrogen-bond donors (Lipinski definition) is 1. The van der Waals surface area contributed by atoms with E-state index in [1.807, 2.05) is 6.92 Å². The molecule has 1 aromatic rings. The van der Waals surface area contributed by atoms with Crippen LogP contribution in [0, 0.1) is 0 Å². The van der Waals surface area contributed by atoms with Crippen LogP contribution in [0.5, 0.6) is 0 Å². The summed E-state index contributed by atoms with van der Waals surface area (Å²) in [7, 11) is 0. The first-order valence-electron chi connectivity index (χ1n) is 4.29. The molecule has 0 spiro atoms. The molecule has 0 radical (unpaired) electrons. The fourth-order valence-electron chi connectivity index (χ4n) is 1.11. The minimum Gasteiger partial charge on any atom is -0.334 e. The second kappa shape index (κ2) is 4.45. The monoisotopic (exact) mass is 207 g/mol. The van der Waals surface area contributed by atoms with Gasteiger partial charge in [-0.25, -0.2) is 4.98 Å². The Morgan fingerprint density at radius 1 is 1.50 bits per heavy atom. The van der Waals surface area contributed by atoms with Crippen molar-refractivity contribution in [3.8, 4) is 0 Å². The molecule has 0 aliphatic heterocycles. The molecule has 14 heavy (non-hydrogen) atoms. The number of halogens is 3. The fraction of sp³-hybridized carbons (Fsp3) is 0.625. The van der Waals surface area contributed by atoms with E-state index in [-0.39, 0.29) is 6.54 Å². The lowest BCUT2D eigenvalue weighted by atomic mass is 10.4. The third-order valence-corrected chi connectivity index (χ3v) is 1.77. The molecule has 0 bridgehead atoms. The first-order valence-corrected chi connectivity index (χ1v) is 4.29. The standard InChI is InChI=1S/C8H12F3N3/c1-2-14-6-13-4-7(14)3-12-5-8(9,10)11/h4,6,12H,2-3,5H2,1H3. The molecule has 0 aliphatic rings. The van der Waals surface area contributed by atoms with E-state index >= 15 is 0 Å². The molecular formula is C8H12F3N3. The maximum absolute atomic E-state index is 11.8. The van der Waals surface area contributed by atoms with Crippen LogP contribution >= 0.6 is 0 Å². The number of alkyl halides is 3. The summed E-state index contributed by atoms with van der Waals surface area (Å²) < 4.78 is 37.1. The Labute approximate surface area is 79.9 Å². The molecule has 1 heterocycles. The first-order chi connectivity index (χ1) is 6.53. The van der Waals surface area contributed by atoms with Crippen LogP contribution in [0.4, 0.5) is 13.2 Å². The Morgan fingerprint density at radius 3 is 2.79 bits per heavy atom. The Kier molecular flexibility index (Phi) is 3.51. The van der Waals surface area contributed by atoms with Gasteiger partial charge in [-0.15, -0.1) is 0 Å². The summed E-state index contributed by atoms with van der Waals surface area (Å²) >= 11 is 0. The SMILES string of the molecule is CCn1cncc1CNCC(F)(F)F. The lowest BCUT2D eigenvalue weighted by Crippen LogP contribution is -2.28. The summed E-state index contributed by atoms with van der Waals surface area (Å²) in [4.78, 5) is 3.85. The molecule has 0 saturated carbocycles. The highest BCUT2D eigenvalue weighted by Crippen LogP contribution is 2.12. The van der Waals surface area contributed by atoms with Gasteiger partial charge in [0.2, 0.25) is 0 Å². The highest BCUT2D eigenvalue weighted by atomic mass is 19.4. The van der Waals surface area contributed by atoms with Crippen molar-refractivity contribution in [3.63, 3.8) is 0 Å². The second-order valence-corrected chi connectivity index (χ2v) is 2.89. The highest BCUT2D eigenvalue weighted by Gasteiger charge is 2.26. The van der Waals surface area contributed by atoms with Crippen LogP contribution in [0.25, 0.3) is 0 Å². The van der Waals surface area contributed by atoms with Crippen molar-refractivity contribution in [1.82, 2.24) is 14.9 Å². The van der Waals surface area contributed by atoms with Crippen LogP contribution in [0.1, 0.15) is 12.6 Å². The number of rotatable bonds is 4. The molecular weight excluding hydrogens is 195 g/mol. The van der Waals surface area contributed by atoms with E-state index in [1.165, 1.54) is 0 Å². The van der Waals surface area contributed by atoms with Crippen molar-refractivity contribution in [2.75, 3.05) is 6.54 Å². The second-order valence-electron chi connectivity index (χ2n) is 2.89. The quantitative estimate of drug-likeness (QED) is 0.811. The van der Waals surface area contributed by atoms with Crippen LogP contribution in [-0.4, -0.2) is 22.3 Å². The molecule has 0 aliphatic carbocycles. The first kappa shape index (κ1) is 11.0. The Balaban J connectivity index is 2.38. The van der Waals surface area contributed by atoms with Crippen LogP contribution in [0.2, 0.25) is 0 Å². The van der Waals surface area contributed by atoms with Gasteiger partial charge in [0, 0.05) is 19.3 Å². The van der Waals surface area contributed by atoms with E-state index in [1.54, 1.807) is 17.1 Å². The van der Waals surface area contributed by atoms with Gasteiger partial charge in [-0.2, -0.15) is 13.2 Å². The van der Waals surface area contributed by atoms with Gasteiger partial charge in [0.1, 0.15) is 0 Å². The molecule has 0 fully saturated rings. The van der Waals surface area contributed by atoms with Crippen LogP contribution < -0.4 is 5.32 Å². The van der Waals surface area contributed by atoms with Crippen LogP contribution in [0.15, 0.2) is 12.5 Å². The molecule has 0 saturated heterocycles. The topological polar surface area (TPSA) is 29.9 Å². The summed E-state index contributed by atoms with van der Waals surface area (Å²) in [5.41, 5.74) is 0.761. The van der Waals surface area contributed by atoms with Crippen molar-refractivity contribution in [2.24, 2.45) is 0 Å². The van der Waals surface area contributed by atoms with Gasteiger partial charge in [0.15, 0.2) is 0 Å². The Morgan fingerprint density at radius 2 is 2.21 bits per heavy atom. The zero-order valence-corrected chi connectivity index (χ0v) is 7.80. The van der Waals surface area contributed by atoms with E-state index in [2.05, 4.69) is 10.3 Å². The minimum absolute atomic E-state index is 0.188.